The molecule has 1 aliphatic rings. The summed E-state index contributed by atoms with van der Waals surface area (Å²) in [4.78, 5) is 14.2. The van der Waals surface area contributed by atoms with Crippen molar-refractivity contribution in [2.45, 2.75) is 57.8 Å². The highest BCUT2D eigenvalue weighted by atomic mass is 79.9. The Morgan fingerprint density at radius 1 is 1.39 bits per heavy atom. The molecule has 1 N–H and O–H groups in total. The van der Waals surface area contributed by atoms with E-state index in [-0.39, 0.29) is 18.0 Å². The van der Waals surface area contributed by atoms with Crippen molar-refractivity contribution in [3.63, 3.8) is 0 Å². The van der Waals surface area contributed by atoms with Gasteiger partial charge in [-0.1, -0.05) is 6.92 Å². The largest absolute Gasteiger partial charge is 0.495 e. The number of carbonyl (C=O) groups is 1. The molecule has 6 nitrogen and oxygen atoms in total. The van der Waals surface area contributed by atoms with Gasteiger partial charge in [0.2, 0.25) is 0 Å². The number of piperidine rings is 1. The normalized spacial score (nSPS) is 22.7. The van der Waals surface area contributed by atoms with E-state index in [1.54, 1.807) is 25.2 Å². The highest BCUT2D eigenvalue weighted by Crippen LogP contribution is 2.36. The van der Waals surface area contributed by atoms with Crippen molar-refractivity contribution in [2.75, 3.05) is 32.6 Å². The zero-order valence-electron chi connectivity index (χ0n) is 17.4. The number of benzene rings is 1. The van der Waals surface area contributed by atoms with Crippen LogP contribution in [0.1, 0.15) is 40.5 Å². The summed E-state index contributed by atoms with van der Waals surface area (Å²) < 4.78 is 31.2. The lowest BCUT2D eigenvalue weighted by Gasteiger charge is -2.47. The van der Waals surface area contributed by atoms with Gasteiger partial charge in [-0.05, 0) is 55.6 Å². The van der Waals surface area contributed by atoms with Crippen LogP contribution < -0.4 is 10.1 Å². The van der Waals surface area contributed by atoms with Crippen molar-refractivity contribution in [1.82, 2.24) is 4.90 Å². The van der Waals surface area contributed by atoms with E-state index in [1.807, 2.05) is 27.7 Å². The number of ether oxygens (including phenoxy) is 3. The number of carbonyl (C=O) groups excluding carboxylic acids is 1. The number of hydrogen-bond donors (Lipinski definition) is 1. The molecule has 1 heterocycles. The highest BCUT2D eigenvalue weighted by Gasteiger charge is 2.45. The molecule has 1 aromatic carbocycles. The quantitative estimate of drug-likeness (QED) is 0.682. The van der Waals surface area contributed by atoms with Gasteiger partial charge in [-0.25, -0.2) is 9.18 Å². The number of anilines is 1. The highest BCUT2D eigenvalue weighted by molar-refractivity contribution is 9.10. The molecular weight excluding hydrogens is 431 g/mol. The van der Waals surface area contributed by atoms with E-state index in [9.17, 15) is 9.18 Å². The molecule has 1 saturated heterocycles. The molecule has 2 atom stereocenters. The zero-order valence-corrected chi connectivity index (χ0v) is 19.0. The number of halogens is 2. The molecule has 1 fully saturated rings. The minimum atomic E-state index is -0.635. The molecule has 0 saturated carbocycles. The number of nitrogens with one attached hydrogen (secondary N) is 1. The molecule has 0 aliphatic carbocycles. The summed E-state index contributed by atoms with van der Waals surface area (Å²) >= 11 is 3.18. The van der Waals surface area contributed by atoms with Gasteiger partial charge in [0.1, 0.15) is 22.8 Å². The predicted molar refractivity (Wildman–Crippen MR) is 111 cm³/mol. The molecule has 158 valence electrons. The summed E-state index contributed by atoms with van der Waals surface area (Å²) in [5, 5.41) is 3.38. The smallest absolute Gasteiger partial charge is 0.410 e. The maximum atomic E-state index is 14.1. The van der Waals surface area contributed by atoms with Gasteiger partial charge in [0.05, 0.1) is 29.9 Å². The van der Waals surface area contributed by atoms with Crippen LogP contribution in [0, 0.1) is 5.82 Å². The first-order chi connectivity index (χ1) is 13.0. The third-order valence-electron chi connectivity index (χ3n) is 5.01. The Kier molecular flexibility index (Phi) is 7.20. The molecule has 0 spiro atoms. The topological polar surface area (TPSA) is 60.0 Å². The number of amides is 1. The maximum absolute atomic E-state index is 14.1. The summed E-state index contributed by atoms with van der Waals surface area (Å²) in [6.07, 6.45) is 0.942. The number of rotatable bonds is 5. The van der Waals surface area contributed by atoms with E-state index in [4.69, 9.17) is 14.2 Å². The average molecular weight is 461 g/mol. The lowest BCUT2D eigenvalue weighted by Crippen LogP contribution is -2.61. The number of likely N-dealkylation sites (tertiary alicyclic amines) is 1. The standard InChI is InChI=1S/C20H30BrFN2O4/c1-7-20(27-6)12-24(18(25)28-19(2,3)4)9-8-17(20)23-15-11-14(22)13(21)10-16(15)26-5/h10-11,17,23H,7-9,12H2,1-6H3/t17-,20-/m1/s1. The molecule has 8 heteroatoms. The average Bonchev–Trinajstić information content (AvgIpc) is 2.63. The fourth-order valence-electron chi connectivity index (χ4n) is 3.45. The molecule has 0 aromatic heterocycles. The van der Waals surface area contributed by atoms with E-state index in [0.29, 0.717) is 41.8 Å². The fourth-order valence-corrected chi connectivity index (χ4v) is 3.78. The summed E-state index contributed by atoms with van der Waals surface area (Å²) in [5.41, 5.74) is -0.644. The second kappa shape index (κ2) is 8.86. The van der Waals surface area contributed by atoms with Gasteiger partial charge in [-0.15, -0.1) is 0 Å². The Morgan fingerprint density at radius 3 is 2.61 bits per heavy atom. The van der Waals surface area contributed by atoms with Crippen molar-refractivity contribution < 1.29 is 23.4 Å². The van der Waals surface area contributed by atoms with Crippen molar-refractivity contribution in [1.29, 1.82) is 0 Å². The Morgan fingerprint density at radius 2 is 2.07 bits per heavy atom. The zero-order chi connectivity index (χ0) is 21.1. The Balaban J connectivity index is 2.25. The molecule has 2 rings (SSSR count). The molecule has 1 aliphatic heterocycles. The summed E-state index contributed by atoms with van der Waals surface area (Å²) in [7, 11) is 3.18. The summed E-state index contributed by atoms with van der Waals surface area (Å²) in [6, 6.07) is 2.86. The van der Waals surface area contributed by atoms with Crippen LogP contribution in [-0.4, -0.2) is 55.5 Å². The third kappa shape index (κ3) is 5.08. The molecule has 0 bridgehead atoms. The molecule has 28 heavy (non-hydrogen) atoms. The van der Waals surface area contributed by atoms with Gasteiger partial charge in [0.25, 0.3) is 0 Å². The van der Waals surface area contributed by atoms with Crippen LogP contribution in [0.3, 0.4) is 0 Å². The lowest BCUT2D eigenvalue weighted by atomic mass is 9.84. The van der Waals surface area contributed by atoms with Gasteiger partial charge in [-0.2, -0.15) is 0 Å². The maximum Gasteiger partial charge on any atom is 0.410 e. The van der Waals surface area contributed by atoms with Crippen molar-refractivity contribution in [3.05, 3.63) is 22.4 Å². The third-order valence-corrected chi connectivity index (χ3v) is 5.62. The summed E-state index contributed by atoms with van der Waals surface area (Å²) in [6.45, 7) is 8.44. The monoisotopic (exact) mass is 460 g/mol. The van der Waals surface area contributed by atoms with Crippen LogP contribution >= 0.6 is 15.9 Å². The SMILES string of the molecule is CC[C@@]1(OC)CN(C(=O)OC(C)(C)C)CC[C@H]1Nc1cc(F)c(Br)cc1OC. The first kappa shape index (κ1) is 22.7. The van der Waals surface area contributed by atoms with Crippen molar-refractivity contribution >= 4 is 27.7 Å². The Bertz CT molecular complexity index is 704. The van der Waals surface area contributed by atoms with Gasteiger partial charge < -0.3 is 24.4 Å². The Hall–Kier alpha value is -1.54. The predicted octanol–water partition coefficient (Wildman–Crippen LogP) is 4.81. The van der Waals surface area contributed by atoms with E-state index >= 15 is 0 Å². The first-order valence-electron chi connectivity index (χ1n) is 9.38. The van der Waals surface area contributed by atoms with Crippen LogP contribution in [0.25, 0.3) is 0 Å². The van der Waals surface area contributed by atoms with Crippen LogP contribution in [0.4, 0.5) is 14.9 Å². The van der Waals surface area contributed by atoms with Crippen molar-refractivity contribution in [2.24, 2.45) is 0 Å². The molecule has 1 amide bonds. The van der Waals surface area contributed by atoms with Crippen LogP contribution in [0.15, 0.2) is 16.6 Å². The number of methoxy groups -OCH3 is 2. The Labute approximate surface area is 174 Å². The molecular formula is C20H30BrFN2O4. The van der Waals surface area contributed by atoms with Crippen LogP contribution in [0.2, 0.25) is 0 Å². The van der Waals surface area contributed by atoms with Crippen LogP contribution in [0.5, 0.6) is 5.75 Å². The minimum absolute atomic E-state index is 0.129. The van der Waals surface area contributed by atoms with E-state index in [0.717, 1.165) is 0 Å². The summed E-state index contributed by atoms with van der Waals surface area (Å²) in [5.74, 6) is 0.151. The van der Waals surface area contributed by atoms with Gasteiger partial charge in [0, 0.05) is 19.7 Å². The van der Waals surface area contributed by atoms with E-state index in [1.165, 1.54) is 6.07 Å². The van der Waals surface area contributed by atoms with Crippen LogP contribution in [-0.2, 0) is 9.47 Å². The second-order valence-electron chi connectivity index (χ2n) is 7.98. The van der Waals surface area contributed by atoms with E-state index in [2.05, 4.69) is 21.2 Å². The first-order valence-corrected chi connectivity index (χ1v) is 10.2. The van der Waals surface area contributed by atoms with Gasteiger partial charge in [0.15, 0.2) is 0 Å². The van der Waals surface area contributed by atoms with Gasteiger partial charge >= 0.3 is 6.09 Å². The number of nitrogens with zero attached hydrogens (tertiary/aromatic N) is 1. The second-order valence-corrected chi connectivity index (χ2v) is 8.83. The lowest BCUT2D eigenvalue weighted by molar-refractivity contribution is -0.0779. The van der Waals surface area contributed by atoms with E-state index < -0.39 is 11.2 Å². The molecule has 0 unspecified atom stereocenters. The number of hydrogen-bond acceptors (Lipinski definition) is 5. The van der Waals surface area contributed by atoms with Gasteiger partial charge in [-0.3, -0.25) is 0 Å². The minimum Gasteiger partial charge on any atom is -0.495 e. The molecule has 1 aromatic rings. The fraction of sp³-hybridized carbons (Fsp3) is 0.650. The van der Waals surface area contributed by atoms with Crippen molar-refractivity contribution in [3.8, 4) is 5.75 Å². The molecule has 0 radical (unpaired) electrons.